The molecule has 4 rings (SSSR count). The lowest BCUT2D eigenvalue weighted by atomic mass is 10.1. The zero-order valence-electron chi connectivity index (χ0n) is 23.0. The van der Waals surface area contributed by atoms with Crippen LogP contribution in [-0.4, -0.2) is 26.1 Å². The number of H-pyrrole nitrogens is 1. The van der Waals surface area contributed by atoms with Gasteiger partial charge in [-0.05, 0) is 55.8 Å². The molecule has 2 aromatic heterocycles. The molecule has 2 aromatic carbocycles. The highest BCUT2D eigenvalue weighted by molar-refractivity contribution is 5.77. The molecule has 2 heterocycles. The molecule has 0 aliphatic rings. The Morgan fingerprint density at radius 1 is 1.17 bits per heavy atom. The predicted molar refractivity (Wildman–Crippen MR) is 155 cm³/mol. The second kappa shape index (κ2) is 13.2. The summed E-state index contributed by atoms with van der Waals surface area (Å²) in [4.78, 5) is 25.3. The van der Waals surface area contributed by atoms with Gasteiger partial charge in [-0.2, -0.15) is 13.2 Å². The first kappa shape index (κ1) is 30.1. The summed E-state index contributed by atoms with van der Waals surface area (Å²) in [7, 11) is 0. The van der Waals surface area contributed by atoms with Crippen molar-refractivity contribution in [3.05, 3.63) is 101 Å². The number of alkyl halides is 3. The highest BCUT2D eigenvalue weighted by atomic mass is 19.4. The Morgan fingerprint density at radius 2 is 1.93 bits per heavy atom. The molecule has 1 atom stereocenters. The SMILES string of the molecule is C=CC(C#CCOc1ccc(-c2nc3nc(-c4cccc(C(F)(F)F)c4)n(CCC)c(=O)c3[nH]2)cc1)C=CC(F)=CC. The Labute approximate surface area is 240 Å². The lowest BCUT2D eigenvalue weighted by molar-refractivity contribution is -0.137. The minimum Gasteiger partial charge on any atom is -0.481 e. The van der Waals surface area contributed by atoms with Crippen LogP contribution in [0.5, 0.6) is 5.75 Å². The van der Waals surface area contributed by atoms with Crippen molar-refractivity contribution in [1.82, 2.24) is 19.5 Å². The van der Waals surface area contributed by atoms with Gasteiger partial charge < -0.3 is 9.72 Å². The Morgan fingerprint density at radius 3 is 2.60 bits per heavy atom. The summed E-state index contributed by atoms with van der Waals surface area (Å²) < 4.78 is 60.3. The first-order valence-corrected chi connectivity index (χ1v) is 13.2. The van der Waals surface area contributed by atoms with Crippen molar-refractivity contribution in [2.24, 2.45) is 5.92 Å². The average molecular weight is 577 g/mol. The van der Waals surface area contributed by atoms with Crippen LogP contribution in [0.4, 0.5) is 17.6 Å². The summed E-state index contributed by atoms with van der Waals surface area (Å²) in [5.74, 6) is 6.17. The number of hydrogen-bond donors (Lipinski definition) is 1. The van der Waals surface area contributed by atoms with Crippen molar-refractivity contribution in [2.45, 2.75) is 33.0 Å². The highest BCUT2D eigenvalue weighted by Gasteiger charge is 2.31. The van der Waals surface area contributed by atoms with Gasteiger partial charge >= 0.3 is 6.18 Å². The van der Waals surface area contributed by atoms with Gasteiger partial charge in [0.2, 0.25) is 0 Å². The van der Waals surface area contributed by atoms with E-state index in [0.717, 1.165) is 12.1 Å². The standard InChI is InChI=1S/C32H28F4N4O2/c1-4-18-40-30(23-10-7-11-24(20-23)32(34,35)36)39-29-27(31(40)41)37-28(38-29)22-13-16-26(17-14-22)42-19-8-9-21(5-2)12-15-25(33)6-3/h5-7,10-17,20-21H,2,4,18-19H2,1,3H3,(H,37,38). The molecule has 1 N–H and O–H groups in total. The van der Waals surface area contributed by atoms with E-state index in [0.29, 0.717) is 23.6 Å². The Balaban J connectivity index is 1.57. The van der Waals surface area contributed by atoms with Gasteiger partial charge in [-0.15, -0.1) is 6.58 Å². The number of halogens is 4. The molecule has 216 valence electrons. The Hall–Kier alpha value is -4.91. The monoisotopic (exact) mass is 576 g/mol. The highest BCUT2D eigenvalue weighted by Crippen LogP contribution is 2.32. The number of ether oxygens (including phenoxy) is 1. The fraction of sp³-hybridized carbons (Fsp3) is 0.219. The van der Waals surface area contributed by atoms with E-state index in [1.165, 1.54) is 28.9 Å². The van der Waals surface area contributed by atoms with Crippen LogP contribution in [0.3, 0.4) is 0 Å². The zero-order chi connectivity index (χ0) is 30.3. The largest absolute Gasteiger partial charge is 0.481 e. The van der Waals surface area contributed by atoms with Crippen molar-refractivity contribution < 1.29 is 22.3 Å². The maximum Gasteiger partial charge on any atom is 0.416 e. The van der Waals surface area contributed by atoms with E-state index in [4.69, 9.17) is 4.74 Å². The topological polar surface area (TPSA) is 72.8 Å². The number of imidazole rings is 1. The van der Waals surface area contributed by atoms with Gasteiger partial charge in [0.05, 0.1) is 11.5 Å². The van der Waals surface area contributed by atoms with Crippen LogP contribution in [0.2, 0.25) is 0 Å². The number of aromatic nitrogens is 4. The minimum atomic E-state index is -4.53. The maximum absolute atomic E-state index is 13.4. The number of hydrogen-bond acceptors (Lipinski definition) is 4. The average Bonchev–Trinajstić information content (AvgIpc) is 3.42. The molecule has 0 saturated heterocycles. The van der Waals surface area contributed by atoms with E-state index < -0.39 is 17.3 Å². The van der Waals surface area contributed by atoms with Crippen LogP contribution < -0.4 is 10.3 Å². The van der Waals surface area contributed by atoms with Crippen LogP contribution in [0.25, 0.3) is 33.9 Å². The molecular formula is C32H28F4N4O2. The van der Waals surface area contributed by atoms with Gasteiger partial charge in [0.15, 0.2) is 11.2 Å². The molecule has 0 amide bonds. The van der Waals surface area contributed by atoms with Crippen LogP contribution in [0.15, 0.2) is 90.0 Å². The third-order valence-corrected chi connectivity index (χ3v) is 6.21. The van der Waals surface area contributed by atoms with Gasteiger partial charge in [0.1, 0.15) is 29.8 Å². The second-order valence-electron chi connectivity index (χ2n) is 9.18. The van der Waals surface area contributed by atoms with E-state index in [1.54, 1.807) is 43.3 Å². The quantitative estimate of drug-likeness (QED) is 0.0970. The summed E-state index contributed by atoms with van der Waals surface area (Å²) >= 11 is 0. The summed E-state index contributed by atoms with van der Waals surface area (Å²) in [6.45, 7) is 7.53. The van der Waals surface area contributed by atoms with E-state index >= 15 is 0 Å². The number of benzene rings is 2. The van der Waals surface area contributed by atoms with Gasteiger partial charge in [-0.3, -0.25) is 9.36 Å². The van der Waals surface area contributed by atoms with Gasteiger partial charge in [-0.1, -0.05) is 49.1 Å². The molecule has 10 heteroatoms. The number of aromatic amines is 1. The lowest BCUT2D eigenvalue weighted by Gasteiger charge is -2.13. The molecule has 0 saturated carbocycles. The molecule has 0 aliphatic heterocycles. The van der Waals surface area contributed by atoms with E-state index in [-0.39, 0.29) is 47.4 Å². The lowest BCUT2D eigenvalue weighted by Crippen LogP contribution is -2.23. The molecule has 42 heavy (non-hydrogen) atoms. The Bertz CT molecular complexity index is 1750. The van der Waals surface area contributed by atoms with Crippen molar-refractivity contribution in [3.8, 4) is 40.4 Å². The summed E-state index contributed by atoms with van der Waals surface area (Å²) in [5, 5.41) is 0. The number of fused-ring (bicyclic) bond motifs is 1. The maximum atomic E-state index is 13.4. The molecule has 0 radical (unpaired) electrons. The fourth-order valence-corrected chi connectivity index (χ4v) is 4.07. The summed E-state index contributed by atoms with van der Waals surface area (Å²) in [6.07, 6.45) is 1.93. The normalized spacial score (nSPS) is 12.8. The minimum absolute atomic E-state index is 0.102. The van der Waals surface area contributed by atoms with Crippen molar-refractivity contribution >= 4 is 11.2 Å². The van der Waals surface area contributed by atoms with Crippen molar-refractivity contribution in [2.75, 3.05) is 6.61 Å². The van der Waals surface area contributed by atoms with Crippen LogP contribution in [0.1, 0.15) is 25.8 Å². The number of allylic oxidation sites excluding steroid dienone is 5. The summed E-state index contributed by atoms with van der Waals surface area (Å²) in [5.41, 5.74) is -0.170. The molecule has 0 fully saturated rings. The zero-order valence-corrected chi connectivity index (χ0v) is 23.0. The molecule has 0 bridgehead atoms. The van der Waals surface area contributed by atoms with Crippen molar-refractivity contribution in [3.63, 3.8) is 0 Å². The van der Waals surface area contributed by atoms with E-state index in [1.807, 2.05) is 6.92 Å². The van der Waals surface area contributed by atoms with Crippen LogP contribution in [-0.2, 0) is 12.7 Å². The number of rotatable bonds is 9. The van der Waals surface area contributed by atoms with Crippen LogP contribution >= 0.6 is 0 Å². The fourth-order valence-electron chi connectivity index (χ4n) is 4.07. The van der Waals surface area contributed by atoms with Crippen molar-refractivity contribution in [1.29, 1.82) is 0 Å². The van der Waals surface area contributed by atoms with Gasteiger partial charge in [-0.25, -0.2) is 14.4 Å². The first-order chi connectivity index (χ1) is 20.1. The molecule has 0 spiro atoms. The van der Waals surface area contributed by atoms with Gasteiger partial charge in [0, 0.05) is 17.7 Å². The van der Waals surface area contributed by atoms with Crippen LogP contribution in [0, 0.1) is 17.8 Å². The summed E-state index contributed by atoms with van der Waals surface area (Å²) in [6, 6.07) is 11.7. The molecule has 6 nitrogen and oxygen atoms in total. The molecular weight excluding hydrogens is 548 g/mol. The van der Waals surface area contributed by atoms with Gasteiger partial charge in [0.25, 0.3) is 5.56 Å². The second-order valence-corrected chi connectivity index (χ2v) is 9.18. The first-order valence-electron chi connectivity index (χ1n) is 13.2. The van der Waals surface area contributed by atoms with E-state index in [9.17, 15) is 22.4 Å². The third kappa shape index (κ3) is 7.04. The number of nitrogens with zero attached hydrogens (tertiary/aromatic N) is 3. The molecule has 1 unspecified atom stereocenters. The molecule has 0 aliphatic carbocycles. The third-order valence-electron chi connectivity index (χ3n) is 6.21. The number of nitrogens with one attached hydrogen (secondary N) is 1. The Kier molecular flexibility index (Phi) is 9.42. The smallest absolute Gasteiger partial charge is 0.416 e. The molecule has 4 aromatic rings. The predicted octanol–water partition coefficient (Wildman–Crippen LogP) is 7.50. The van der Waals surface area contributed by atoms with E-state index in [2.05, 4.69) is 33.4 Å².